The van der Waals surface area contributed by atoms with Gasteiger partial charge in [0, 0.05) is 24.3 Å². The van der Waals surface area contributed by atoms with Crippen molar-refractivity contribution in [3.05, 3.63) is 53.1 Å². The molecule has 0 bridgehead atoms. The van der Waals surface area contributed by atoms with Crippen LogP contribution in [0.4, 0.5) is 11.4 Å². The Hall–Kier alpha value is -2.71. The lowest BCUT2D eigenvalue weighted by molar-refractivity contribution is -0.118. The van der Waals surface area contributed by atoms with Crippen LogP contribution >= 0.6 is 0 Å². The van der Waals surface area contributed by atoms with Crippen molar-refractivity contribution in [2.45, 2.75) is 64.9 Å². The number of sulfonamides is 1. The molecule has 1 heterocycles. The van der Waals surface area contributed by atoms with Crippen LogP contribution in [0.1, 0.15) is 44.4 Å². The lowest BCUT2D eigenvalue weighted by Gasteiger charge is -2.23. The van der Waals surface area contributed by atoms with Gasteiger partial charge in [0.1, 0.15) is 6.04 Å². The summed E-state index contributed by atoms with van der Waals surface area (Å²) in [4.78, 5) is 26.7. The van der Waals surface area contributed by atoms with Gasteiger partial charge in [-0.15, -0.1) is 0 Å². The third-order valence-corrected chi connectivity index (χ3v) is 7.23. The van der Waals surface area contributed by atoms with Gasteiger partial charge >= 0.3 is 0 Å². The van der Waals surface area contributed by atoms with Crippen LogP contribution in [0.5, 0.6) is 0 Å². The number of carbonyl (C=O) groups excluding carboxylic acids is 2. The fourth-order valence-corrected chi connectivity index (χ4v) is 5.54. The minimum atomic E-state index is -3.95. The number of hydrogen-bond acceptors (Lipinski definition) is 4. The zero-order chi connectivity index (χ0) is 23.8. The van der Waals surface area contributed by atoms with Crippen molar-refractivity contribution >= 4 is 33.2 Å². The molecule has 2 amide bonds. The Balaban J connectivity index is 1.84. The summed E-state index contributed by atoms with van der Waals surface area (Å²) >= 11 is 0. The van der Waals surface area contributed by atoms with Crippen molar-refractivity contribution < 1.29 is 18.0 Å². The van der Waals surface area contributed by atoms with Gasteiger partial charge < -0.3 is 10.2 Å². The predicted octanol–water partition coefficient (Wildman–Crippen LogP) is 3.54. The molecule has 0 spiro atoms. The van der Waals surface area contributed by atoms with Gasteiger partial charge in [0.15, 0.2) is 0 Å². The van der Waals surface area contributed by atoms with Crippen molar-refractivity contribution in [2.24, 2.45) is 5.92 Å². The quantitative estimate of drug-likeness (QED) is 0.694. The summed E-state index contributed by atoms with van der Waals surface area (Å²) < 4.78 is 28.9. The summed E-state index contributed by atoms with van der Waals surface area (Å²) in [7, 11) is -3.95. The first kappa shape index (κ1) is 23.9. The number of benzene rings is 2. The third kappa shape index (κ3) is 4.86. The van der Waals surface area contributed by atoms with E-state index in [0.717, 1.165) is 22.4 Å². The van der Waals surface area contributed by atoms with Crippen LogP contribution in [0, 0.1) is 19.8 Å². The van der Waals surface area contributed by atoms with E-state index in [0.29, 0.717) is 12.1 Å². The normalized spacial score (nSPS) is 16.7. The molecule has 0 aliphatic carbocycles. The van der Waals surface area contributed by atoms with E-state index >= 15 is 0 Å². The van der Waals surface area contributed by atoms with E-state index in [2.05, 4.69) is 10.0 Å². The van der Waals surface area contributed by atoms with Gasteiger partial charge in [-0.3, -0.25) is 9.59 Å². The molecular formula is C24H31N3O4S. The Morgan fingerprint density at radius 1 is 1.09 bits per heavy atom. The predicted molar refractivity (Wildman–Crippen MR) is 126 cm³/mol. The first-order valence-corrected chi connectivity index (χ1v) is 12.2. The topological polar surface area (TPSA) is 95.6 Å². The molecule has 8 heteroatoms. The molecule has 32 heavy (non-hydrogen) atoms. The summed E-state index contributed by atoms with van der Waals surface area (Å²) in [5.41, 5.74) is 4.18. The number of fused-ring (bicyclic) bond motifs is 1. The Labute approximate surface area is 190 Å². The van der Waals surface area contributed by atoms with Gasteiger partial charge in [0.05, 0.1) is 4.90 Å². The fraction of sp³-hybridized carbons (Fsp3) is 0.417. The maximum Gasteiger partial charge on any atom is 0.242 e. The van der Waals surface area contributed by atoms with Gasteiger partial charge in [0.25, 0.3) is 0 Å². The minimum Gasteiger partial charge on any atom is -0.324 e. The largest absolute Gasteiger partial charge is 0.324 e. The van der Waals surface area contributed by atoms with E-state index in [1.807, 2.05) is 39.0 Å². The highest BCUT2D eigenvalue weighted by Gasteiger charge is 2.32. The van der Waals surface area contributed by atoms with Crippen molar-refractivity contribution in [1.29, 1.82) is 0 Å². The van der Waals surface area contributed by atoms with Crippen molar-refractivity contribution in [2.75, 3.05) is 10.2 Å². The molecule has 2 aromatic rings. The molecule has 0 saturated carbocycles. The number of amides is 2. The van der Waals surface area contributed by atoms with Crippen molar-refractivity contribution in [1.82, 2.24) is 4.72 Å². The summed E-state index contributed by atoms with van der Waals surface area (Å²) in [6, 6.07) is 9.44. The second-order valence-corrected chi connectivity index (χ2v) is 10.6. The number of rotatable bonds is 6. The molecule has 0 unspecified atom stereocenters. The van der Waals surface area contributed by atoms with Crippen LogP contribution in [0.3, 0.4) is 0 Å². The first-order chi connectivity index (χ1) is 14.9. The van der Waals surface area contributed by atoms with Gasteiger partial charge in [0.2, 0.25) is 21.8 Å². The van der Waals surface area contributed by atoms with Crippen molar-refractivity contribution in [3.63, 3.8) is 0 Å². The standard InChI is InChI=1S/C24H31N3O4S/c1-14(2)23(24(29)25-21-9-7-15(3)11-16(21)4)26-32(30,31)20-8-10-22-19(13-20)12-17(5)27(22)18(6)28/h7-11,13-14,17,23,26H,12H2,1-6H3,(H,25,29)/t17-,23+/m0/s1. The van der Waals surface area contributed by atoms with E-state index in [1.165, 1.54) is 13.0 Å². The van der Waals surface area contributed by atoms with Crippen LogP contribution in [0.2, 0.25) is 0 Å². The molecule has 7 nitrogen and oxygen atoms in total. The molecule has 1 aliphatic heterocycles. The van der Waals surface area contributed by atoms with E-state index in [1.54, 1.807) is 30.9 Å². The van der Waals surface area contributed by atoms with Crippen LogP contribution < -0.4 is 14.9 Å². The fourth-order valence-electron chi connectivity index (χ4n) is 4.15. The molecule has 3 rings (SSSR count). The van der Waals surface area contributed by atoms with Crippen LogP contribution in [-0.2, 0) is 26.0 Å². The second-order valence-electron chi connectivity index (χ2n) is 8.88. The Bertz CT molecular complexity index is 1160. The smallest absolute Gasteiger partial charge is 0.242 e. The van der Waals surface area contributed by atoms with Crippen LogP contribution in [0.25, 0.3) is 0 Å². The van der Waals surface area contributed by atoms with Gasteiger partial charge in [-0.05, 0) is 68.5 Å². The molecule has 1 aliphatic rings. The summed E-state index contributed by atoms with van der Waals surface area (Å²) in [6.07, 6.45) is 0.582. The molecule has 0 saturated heterocycles. The molecule has 2 aromatic carbocycles. The van der Waals surface area contributed by atoms with Gasteiger partial charge in [-0.2, -0.15) is 4.72 Å². The Morgan fingerprint density at radius 2 is 1.78 bits per heavy atom. The van der Waals surface area contributed by atoms with Crippen LogP contribution in [0.15, 0.2) is 41.3 Å². The molecule has 0 radical (unpaired) electrons. The number of hydrogen-bond donors (Lipinski definition) is 2. The molecule has 172 valence electrons. The molecule has 2 atom stereocenters. The number of nitrogens with one attached hydrogen (secondary N) is 2. The highest BCUT2D eigenvalue weighted by Crippen LogP contribution is 2.34. The SMILES string of the molecule is CC(=O)N1c2ccc(S(=O)(=O)N[C@@H](C(=O)Nc3ccc(C)cc3C)C(C)C)cc2C[C@@H]1C. The Kier molecular flexibility index (Phi) is 6.76. The molecular weight excluding hydrogens is 426 g/mol. The molecule has 0 aromatic heterocycles. The van der Waals surface area contributed by atoms with Crippen molar-refractivity contribution in [3.8, 4) is 0 Å². The number of nitrogens with zero attached hydrogens (tertiary/aromatic N) is 1. The number of aryl methyl sites for hydroxylation is 2. The highest BCUT2D eigenvalue weighted by molar-refractivity contribution is 7.89. The monoisotopic (exact) mass is 457 g/mol. The Morgan fingerprint density at radius 3 is 2.38 bits per heavy atom. The van der Waals surface area contributed by atoms with E-state index < -0.39 is 22.0 Å². The van der Waals surface area contributed by atoms with E-state index in [9.17, 15) is 18.0 Å². The zero-order valence-corrected chi connectivity index (χ0v) is 20.2. The lowest BCUT2D eigenvalue weighted by atomic mass is 10.0. The summed E-state index contributed by atoms with van der Waals surface area (Å²) in [5, 5.41) is 2.85. The minimum absolute atomic E-state index is 0.0275. The number of carbonyl (C=O) groups is 2. The van der Waals surface area contributed by atoms with E-state index in [-0.39, 0.29) is 22.8 Å². The number of anilines is 2. The average Bonchev–Trinajstić information content (AvgIpc) is 3.03. The second kappa shape index (κ2) is 9.03. The lowest BCUT2D eigenvalue weighted by Crippen LogP contribution is -2.47. The molecule has 2 N–H and O–H groups in total. The summed E-state index contributed by atoms with van der Waals surface area (Å²) in [6.45, 7) is 10.9. The maximum atomic E-state index is 13.1. The first-order valence-electron chi connectivity index (χ1n) is 10.7. The maximum absolute atomic E-state index is 13.1. The third-order valence-electron chi connectivity index (χ3n) is 5.79. The zero-order valence-electron chi connectivity index (χ0n) is 19.4. The van der Waals surface area contributed by atoms with Gasteiger partial charge in [-0.1, -0.05) is 31.5 Å². The summed E-state index contributed by atoms with van der Waals surface area (Å²) in [5.74, 6) is -0.751. The highest BCUT2D eigenvalue weighted by atomic mass is 32.2. The van der Waals surface area contributed by atoms with Gasteiger partial charge in [-0.25, -0.2) is 8.42 Å². The van der Waals surface area contributed by atoms with E-state index in [4.69, 9.17) is 0 Å². The molecule has 0 fully saturated rings. The average molecular weight is 458 g/mol. The van der Waals surface area contributed by atoms with Crippen LogP contribution in [-0.4, -0.2) is 32.3 Å².